The summed E-state index contributed by atoms with van der Waals surface area (Å²) in [6.07, 6.45) is 6.66. The maximum Gasteiger partial charge on any atom is 0.255 e. The fourth-order valence-corrected chi connectivity index (χ4v) is 3.82. The number of carbonyl (C=O) groups excluding carboxylic acids is 1. The van der Waals surface area contributed by atoms with Crippen LogP contribution < -0.4 is 10.6 Å². The van der Waals surface area contributed by atoms with Crippen molar-refractivity contribution < 1.29 is 9.32 Å². The summed E-state index contributed by atoms with van der Waals surface area (Å²) in [7, 11) is 0. The summed E-state index contributed by atoms with van der Waals surface area (Å²) in [5.74, 6) is 1.76. The second-order valence-corrected chi connectivity index (χ2v) is 8.00. The number of hydrogen-bond acceptors (Lipinski definition) is 7. The van der Waals surface area contributed by atoms with E-state index in [1.807, 2.05) is 66.9 Å². The highest BCUT2D eigenvalue weighted by atomic mass is 16.5. The van der Waals surface area contributed by atoms with Crippen molar-refractivity contribution in [2.45, 2.75) is 0 Å². The van der Waals surface area contributed by atoms with Crippen molar-refractivity contribution >= 4 is 34.0 Å². The van der Waals surface area contributed by atoms with Gasteiger partial charge in [-0.2, -0.15) is 0 Å². The smallest absolute Gasteiger partial charge is 0.255 e. The van der Waals surface area contributed by atoms with E-state index in [1.165, 1.54) is 6.33 Å². The number of amides is 1. The van der Waals surface area contributed by atoms with Gasteiger partial charge in [0.1, 0.15) is 29.8 Å². The zero-order valence-corrected chi connectivity index (χ0v) is 18.9. The van der Waals surface area contributed by atoms with Crippen LogP contribution in [0.5, 0.6) is 0 Å². The second-order valence-electron chi connectivity index (χ2n) is 8.00. The SMILES string of the molecule is O=C(Nc1ccc(Nc2cc(-n3ccnc3)ncn2)cc1)c1ccc2noc(-c3ccccc3)c2c1. The number of hydrogen-bond donors (Lipinski definition) is 2. The van der Waals surface area contributed by atoms with Gasteiger partial charge in [0.15, 0.2) is 5.76 Å². The van der Waals surface area contributed by atoms with Crippen LogP contribution in [0.25, 0.3) is 28.0 Å². The van der Waals surface area contributed by atoms with Gasteiger partial charge in [-0.1, -0.05) is 35.5 Å². The molecule has 0 aliphatic heterocycles. The summed E-state index contributed by atoms with van der Waals surface area (Å²) in [6, 6.07) is 24.2. The number of rotatable bonds is 6. The van der Waals surface area contributed by atoms with E-state index in [-0.39, 0.29) is 5.91 Å². The van der Waals surface area contributed by atoms with Gasteiger partial charge in [-0.3, -0.25) is 9.36 Å². The summed E-state index contributed by atoms with van der Waals surface area (Å²) in [5, 5.41) is 11.1. The number of nitrogens with one attached hydrogen (secondary N) is 2. The Kier molecular flexibility index (Phi) is 5.40. The zero-order valence-electron chi connectivity index (χ0n) is 18.9. The van der Waals surface area contributed by atoms with Gasteiger partial charge in [-0.05, 0) is 42.5 Å². The van der Waals surface area contributed by atoms with Gasteiger partial charge in [-0.15, -0.1) is 0 Å². The summed E-state index contributed by atoms with van der Waals surface area (Å²) >= 11 is 0. The highest BCUT2D eigenvalue weighted by Gasteiger charge is 2.14. The van der Waals surface area contributed by atoms with Crippen LogP contribution >= 0.6 is 0 Å². The first kappa shape index (κ1) is 21.2. The van der Waals surface area contributed by atoms with Crippen LogP contribution in [0.1, 0.15) is 10.4 Å². The Bertz CT molecular complexity index is 1640. The first-order chi connectivity index (χ1) is 17.7. The second kappa shape index (κ2) is 9.15. The molecular weight excluding hydrogens is 454 g/mol. The Morgan fingerprint density at radius 3 is 2.53 bits per heavy atom. The predicted molar refractivity (Wildman–Crippen MR) is 136 cm³/mol. The summed E-state index contributed by atoms with van der Waals surface area (Å²) in [5.41, 5.74) is 3.60. The Morgan fingerprint density at radius 2 is 1.72 bits per heavy atom. The molecule has 3 aromatic heterocycles. The average Bonchev–Trinajstić information content (AvgIpc) is 3.61. The number of carbonyl (C=O) groups is 1. The van der Waals surface area contributed by atoms with Gasteiger partial charge in [0.05, 0.1) is 5.39 Å². The third-order valence-corrected chi connectivity index (χ3v) is 5.61. The minimum atomic E-state index is -0.224. The minimum Gasteiger partial charge on any atom is -0.355 e. The van der Waals surface area contributed by atoms with Crippen molar-refractivity contribution in [1.82, 2.24) is 24.7 Å². The zero-order chi connectivity index (χ0) is 24.3. The molecule has 9 nitrogen and oxygen atoms in total. The van der Waals surface area contributed by atoms with Gasteiger partial charge in [-0.25, -0.2) is 15.0 Å². The molecule has 0 fully saturated rings. The lowest BCUT2D eigenvalue weighted by atomic mass is 10.1. The van der Waals surface area contributed by atoms with E-state index in [1.54, 1.807) is 35.3 Å². The topological polar surface area (TPSA) is 111 Å². The first-order valence-corrected chi connectivity index (χ1v) is 11.2. The Hall–Kier alpha value is -5.31. The van der Waals surface area contributed by atoms with E-state index in [0.717, 1.165) is 16.6 Å². The fraction of sp³-hybridized carbons (Fsp3) is 0. The first-order valence-electron chi connectivity index (χ1n) is 11.2. The van der Waals surface area contributed by atoms with Gasteiger partial charge >= 0.3 is 0 Å². The number of benzene rings is 3. The van der Waals surface area contributed by atoms with E-state index >= 15 is 0 Å². The Labute approximate surface area is 205 Å². The molecule has 0 saturated carbocycles. The maximum atomic E-state index is 13.0. The van der Waals surface area contributed by atoms with Crippen molar-refractivity contribution in [1.29, 1.82) is 0 Å². The lowest BCUT2D eigenvalue weighted by Gasteiger charge is -2.09. The van der Waals surface area contributed by atoms with Crippen LogP contribution in [0, 0.1) is 0 Å². The molecule has 9 heteroatoms. The van der Waals surface area contributed by atoms with Crippen molar-refractivity contribution in [2.24, 2.45) is 0 Å². The highest BCUT2D eigenvalue weighted by Crippen LogP contribution is 2.29. The van der Waals surface area contributed by atoms with E-state index in [4.69, 9.17) is 4.52 Å². The van der Waals surface area contributed by atoms with Gasteiger partial charge in [0.25, 0.3) is 5.91 Å². The van der Waals surface area contributed by atoms with E-state index in [0.29, 0.717) is 34.2 Å². The molecule has 0 unspecified atom stereocenters. The summed E-state index contributed by atoms with van der Waals surface area (Å²) < 4.78 is 7.34. The van der Waals surface area contributed by atoms with Crippen molar-refractivity contribution in [3.8, 4) is 17.1 Å². The third-order valence-electron chi connectivity index (χ3n) is 5.61. The van der Waals surface area contributed by atoms with E-state index in [2.05, 4.69) is 30.7 Å². The molecule has 36 heavy (non-hydrogen) atoms. The number of imidazole rings is 1. The molecule has 0 aliphatic rings. The molecule has 0 aliphatic carbocycles. The minimum absolute atomic E-state index is 0.224. The largest absolute Gasteiger partial charge is 0.355 e. The monoisotopic (exact) mass is 473 g/mol. The third kappa shape index (κ3) is 4.28. The molecule has 0 saturated heterocycles. The van der Waals surface area contributed by atoms with Crippen molar-refractivity contribution in [3.05, 3.63) is 109 Å². The van der Waals surface area contributed by atoms with Crippen LogP contribution in [0.15, 0.2) is 108 Å². The van der Waals surface area contributed by atoms with Gasteiger partial charge < -0.3 is 15.2 Å². The highest BCUT2D eigenvalue weighted by molar-refractivity contribution is 6.07. The molecule has 174 valence electrons. The molecule has 1 amide bonds. The van der Waals surface area contributed by atoms with Crippen LogP contribution in [-0.4, -0.2) is 30.6 Å². The number of aromatic nitrogens is 5. The van der Waals surface area contributed by atoms with Gasteiger partial charge in [0, 0.05) is 41.0 Å². The van der Waals surface area contributed by atoms with Crippen molar-refractivity contribution in [3.63, 3.8) is 0 Å². The normalized spacial score (nSPS) is 10.9. The molecular formula is C27H19N7O2. The van der Waals surface area contributed by atoms with E-state index < -0.39 is 0 Å². The number of fused-ring (bicyclic) bond motifs is 1. The Balaban J connectivity index is 1.17. The lowest BCUT2D eigenvalue weighted by molar-refractivity contribution is 0.102. The fourth-order valence-electron chi connectivity index (χ4n) is 3.82. The molecule has 6 rings (SSSR count). The maximum absolute atomic E-state index is 13.0. The van der Waals surface area contributed by atoms with E-state index in [9.17, 15) is 4.79 Å². The quantitative estimate of drug-likeness (QED) is 0.330. The van der Waals surface area contributed by atoms with Crippen LogP contribution in [0.2, 0.25) is 0 Å². The predicted octanol–water partition coefficient (Wildman–Crippen LogP) is 5.47. The molecule has 0 spiro atoms. The molecule has 0 radical (unpaired) electrons. The van der Waals surface area contributed by atoms with Crippen LogP contribution in [-0.2, 0) is 0 Å². The molecule has 6 aromatic rings. The summed E-state index contributed by atoms with van der Waals surface area (Å²) in [4.78, 5) is 25.5. The Morgan fingerprint density at radius 1 is 0.889 bits per heavy atom. The van der Waals surface area contributed by atoms with Crippen LogP contribution in [0.3, 0.4) is 0 Å². The molecule has 3 heterocycles. The number of nitrogens with zero attached hydrogens (tertiary/aromatic N) is 5. The van der Waals surface area contributed by atoms with Crippen molar-refractivity contribution in [2.75, 3.05) is 10.6 Å². The molecule has 2 N–H and O–H groups in total. The molecule has 0 atom stereocenters. The number of anilines is 3. The summed E-state index contributed by atoms with van der Waals surface area (Å²) in [6.45, 7) is 0. The average molecular weight is 473 g/mol. The van der Waals surface area contributed by atoms with Gasteiger partial charge in [0.2, 0.25) is 0 Å². The molecule has 3 aromatic carbocycles. The van der Waals surface area contributed by atoms with Crippen LogP contribution in [0.4, 0.5) is 17.2 Å². The lowest BCUT2D eigenvalue weighted by Crippen LogP contribution is -2.11. The standard InChI is InChI=1S/C27H19N7O2/c35-27(19-6-11-23-22(14-19)26(36-33-23)18-4-2-1-3-5-18)32-21-9-7-20(8-10-21)31-24-15-25(30-16-29-24)34-13-12-28-17-34/h1-17H,(H,32,35)(H,29,30,31). The molecule has 0 bridgehead atoms.